The van der Waals surface area contributed by atoms with Crippen molar-refractivity contribution in [2.24, 2.45) is 0 Å². The van der Waals surface area contributed by atoms with Crippen LogP contribution in [-0.2, 0) is 0 Å². The number of nitrogens with zero attached hydrogens (tertiary/aromatic N) is 1. The predicted molar refractivity (Wildman–Crippen MR) is 214 cm³/mol. The summed E-state index contributed by atoms with van der Waals surface area (Å²) >= 11 is 0. The van der Waals surface area contributed by atoms with Crippen molar-refractivity contribution in [3.05, 3.63) is 176 Å². The molecule has 244 valence electrons. The average molecular weight is 668 g/mol. The monoisotopic (exact) mass is 667 g/mol. The predicted octanol–water partition coefficient (Wildman–Crippen LogP) is 14.2. The van der Waals surface area contributed by atoms with Crippen LogP contribution in [0.3, 0.4) is 0 Å². The lowest BCUT2D eigenvalue weighted by Crippen LogP contribution is -2.10. The number of hydrogen-bond acceptors (Lipinski definition) is 4. The standard InChI is InChI=1S/C48H29NO3/c1-3-12-30(13-4-1)31-22-24-34(25-23-31)49(33-14-5-2-6-15-33)40-29-32(35-18-11-19-37-36-16-7-9-20-41(36)51-47(35)37)28-39-46-44(52-48(39)40)27-26-43-45(46)38-17-8-10-21-42(38)50-43/h1-29H. The van der Waals surface area contributed by atoms with E-state index in [1.54, 1.807) is 0 Å². The summed E-state index contributed by atoms with van der Waals surface area (Å²) in [7, 11) is 0. The van der Waals surface area contributed by atoms with Crippen molar-refractivity contribution >= 4 is 82.9 Å². The maximum absolute atomic E-state index is 6.95. The Bertz CT molecular complexity index is 3110. The second kappa shape index (κ2) is 11.2. The van der Waals surface area contributed by atoms with E-state index >= 15 is 0 Å². The van der Waals surface area contributed by atoms with Crippen LogP contribution >= 0.6 is 0 Å². The highest BCUT2D eigenvalue weighted by molar-refractivity contribution is 6.27. The second-order valence-electron chi connectivity index (χ2n) is 13.2. The summed E-state index contributed by atoms with van der Waals surface area (Å²) in [5.41, 5.74) is 12.4. The molecule has 0 amide bonds. The summed E-state index contributed by atoms with van der Waals surface area (Å²) in [6.45, 7) is 0. The first-order chi connectivity index (χ1) is 25.8. The molecule has 4 nitrogen and oxygen atoms in total. The molecule has 0 aliphatic rings. The molecule has 0 saturated heterocycles. The molecule has 0 N–H and O–H groups in total. The number of fused-ring (bicyclic) bond motifs is 10. The van der Waals surface area contributed by atoms with Crippen LogP contribution < -0.4 is 4.90 Å². The first-order valence-electron chi connectivity index (χ1n) is 17.5. The SMILES string of the molecule is c1ccc(-c2ccc(N(c3ccccc3)c3cc(-c4cccc5c4oc4ccccc45)cc4c3oc3ccc5oc6ccccc6c5c34)cc2)cc1. The third-order valence-electron chi connectivity index (χ3n) is 10.3. The minimum absolute atomic E-state index is 0.796. The van der Waals surface area contributed by atoms with Crippen LogP contribution in [0.15, 0.2) is 189 Å². The molecular weight excluding hydrogens is 639 g/mol. The summed E-state index contributed by atoms with van der Waals surface area (Å²) in [5.74, 6) is 0. The number of benzene rings is 8. The van der Waals surface area contributed by atoms with E-state index in [9.17, 15) is 0 Å². The molecule has 52 heavy (non-hydrogen) atoms. The molecule has 0 fully saturated rings. The van der Waals surface area contributed by atoms with E-state index in [4.69, 9.17) is 13.3 Å². The smallest absolute Gasteiger partial charge is 0.159 e. The zero-order valence-electron chi connectivity index (χ0n) is 27.9. The van der Waals surface area contributed by atoms with Crippen molar-refractivity contribution in [2.45, 2.75) is 0 Å². The number of furan rings is 3. The molecule has 0 aliphatic carbocycles. The molecule has 4 heteroatoms. The van der Waals surface area contributed by atoms with Crippen molar-refractivity contribution in [3.8, 4) is 22.3 Å². The Kier molecular flexibility index (Phi) is 6.22. The second-order valence-corrected chi connectivity index (χ2v) is 13.2. The van der Waals surface area contributed by atoms with Crippen LogP contribution in [0.25, 0.3) is 88.1 Å². The molecule has 0 aliphatic heterocycles. The Hall–Kier alpha value is -7.04. The van der Waals surface area contributed by atoms with Crippen molar-refractivity contribution < 1.29 is 13.3 Å². The Morgan fingerprint density at radius 2 is 0.904 bits per heavy atom. The largest absolute Gasteiger partial charge is 0.456 e. The van der Waals surface area contributed by atoms with Crippen molar-refractivity contribution in [2.75, 3.05) is 4.90 Å². The van der Waals surface area contributed by atoms with Gasteiger partial charge in [0.05, 0.1) is 5.69 Å². The zero-order valence-corrected chi connectivity index (χ0v) is 27.9. The number of para-hydroxylation sites is 4. The van der Waals surface area contributed by atoms with Crippen molar-refractivity contribution in [1.29, 1.82) is 0 Å². The van der Waals surface area contributed by atoms with E-state index in [2.05, 4.69) is 138 Å². The molecule has 0 spiro atoms. The lowest BCUT2D eigenvalue weighted by Gasteiger charge is -2.26. The molecule has 0 saturated carbocycles. The molecule has 11 aromatic rings. The van der Waals surface area contributed by atoms with Crippen LogP contribution in [0.1, 0.15) is 0 Å². The van der Waals surface area contributed by atoms with Gasteiger partial charge in [0.2, 0.25) is 0 Å². The van der Waals surface area contributed by atoms with Gasteiger partial charge in [-0.3, -0.25) is 0 Å². The van der Waals surface area contributed by atoms with Crippen molar-refractivity contribution in [1.82, 2.24) is 0 Å². The minimum Gasteiger partial charge on any atom is -0.456 e. The minimum atomic E-state index is 0.796. The fourth-order valence-corrected chi connectivity index (χ4v) is 7.90. The summed E-state index contributed by atoms with van der Waals surface area (Å²) in [6, 6.07) is 61.2. The van der Waals surface area contributed by atoms with E-state index < -0.39 is 0 Å². The van der Waals surface area contributed by atoms with E-state index in [0.29, 0.717) is 0 Å². The summed E-state index contributed by atoms with van der Waals surface area (Å²) in [4.78, 5) is 2.30. The first-order valence-corrected chi connectivity index (χ1v) is 17.5. The summed E-state index contributed by atoms with van der Waals surface area (Å²) < 4.78 is 19.9. The van der Waals surface area contributed by atoms with Gasteiger partial charge in [0.25, 0.3) is 0 Å². The normalized spacial score (nSPS) is 11.8. The Balaban J connectivity index is 1.24. The van der Waals surface area contributed by atoms with Gasteiger partial charge in [0.15, 0.2) is 5.58 Å². The molecule has 8 aromatic carbocycles. The Morgan fingerprint density at radius 1 is 0.327 bits per heavy atom. The topological polar surface area (TPSA) is 42.7 Å². The lowest BCUT2D eigenvalue weighted by molar-refractivity contribution is 0.663. The zero-order chi connectivity index (χ0) is 34.2. The fraction of sp³-hybridized carbons (Fsp3) is 0. The third kappa shape index (κ3) is 4.34. The van der Waals surface area contributed by atoms with Crippen LogP contribution in [0.4, 0.5) is 17.1 Å². The molecule has 0 atom stereocenters. The molecule has 0 unspecified atom stereocenters. The van der Waals surface area contributed by atoms with Crippen LogP contribution in [0.5, 0.6) is 0 Å². The van der Waals surface area contributed by atoms with Crippen LogP contribution in [-0.4, -0.2) is 0 Å². The van der Waals surface area contributed by atoms with Gasteiger partial charge in [-0.25, -0.2) is 0 Å². The summed E-state index contributed by atoms with van der Waals surface area (Å²) in [6.07, 6.45) is 0. The van der Waals surface area contributed by atoms with Gasteiger partial charge in [0, 0.05) is 49.3 Å². The Labute approximate surface area is 298 Å². The van der Waals surface area contributed by atoms with E-state index in [-0.39, 0.29) is 0 Å². The average Bonchev–Trinajstić information content (AvgIpc) is 3.90. The van der Waals surface area contributed by atoms with E-state index in [0.717, 1.165) is 99.6 Å². The van der Waals surface area contributed by atoms with Gasteiger partial charge in [-0.1, -0.05) is 115 Å². The van der Waals surface area contributed by atoms with Gasteiger partial charge < -0.3 is 18.2 Å². The highest BCUT2D eigenvalue weighted by Crippen LogP contribution is 2.48. The third-order valence-corrected chi connectivity index (χ3v) is 10.3. The molecule has 11 rings (SSSR count). The Morgan fingerprint density at radius 3 is 1.69 bits per heavy atom. The number of rotatable bonds is 5. The first kappa shape index (κ1) is 28.8. The molecule has 3 heterocycles. The number of hydrogen-bond donors (Lipinski definition) is 0. The van der Waals surface area contributed by atoms with Crippen LogP contribution in [0.2, 0.25) is 0 Å². The maximum Gasteiger partial charge on any atom is 0.159 e. The van der Waals surface area contributed by atoms with Gasteiger partial charge in [-0.15, -0.1) is 0 Å². The molecule has 0 bridgehead atoms. The molecule has 3 aromatic heterocycles. The molecular formula is C48H29NO3. The highest BCUT2D eigenvalue weighted by Gasteiger charge is 2.24. The maximum atomic E-state index is 6.95. The fourth-order valence-electron chi connectivity index (χ4n) is 7.90. The van der Waals surface area contributed by atoms with E-state index in [1.807, 2.05) is 42.5 Å². The molecule has 0 radical (unpaired) electrons. The van der Waals surface area contributed by atoms with Gasteiger partial charge >= 0.3 is 0 Å². The quantitative estimate of drug-likeness (QED) is 0.183. The van der Waals surface area contributed by atoms with Gasteiger partial charge in [0.1, 0.15) is 27.9 Å². The number of anilines is 3. The van der Waals surface area contributed by atoms with Gasteiger partial charge in [-0.05, 0) is 77.4 Å². The lowest BCUT2D eigenvalue weighted by atomic mass is 9.97. The van der Waals surface area contributed by atoms with Crippen molar-refractivity contribution in [3.63, 3.8) is 0 Å². The van der Waals surface area contributed by atoms with E-state index in [1.165, 1.54) is 5.56 Å². The van der Waals surface area contributed by atoms with Crippen LogP contribution in [0, 0.1) is 0 Å². The van der Waals surface area contributed by atoms with Gasteiger partial charge in [-0.2, -0.15) is 0 Å². The highest BCUT2D eigenvalue weighted by atomic mass is 16.3. The summed E-state index contributed by atoms with van der Waals surface area (Å²) in [5, 5.41) is 6.35.